The van der Waals surface area contributed by atoms with Gasteiger partial charge in [-0.1, -0.05) is 133 Å². The molecule has 0 amide bonds. The highest BCUT2D eigenvalue weighted by Crippen LogP contribution is 2.42. The normalized spacial score (nSPS) is 11.8. The summed E-state index contributed by atoms with van der Waals surface area (Å²) in [5, 5.41) is 6.75. The topological polar surface area (TPSA) is 67.8 Å². The molecule has 64 heavy (non-hydrogen) atoms. The van der Waals surface area contributed by atoms with Gasteiger partial charge in [0.2, 0.25) is 0 Å². The molecule has 300 valence electrons. The van der Waals surface area contributed by atoms with E-state index in [0.717, 1.165) is 105 Å². The standard InChI is InChI=1S/C58H34BrN3O2/c59-55-33-51(39-23-25-45-44-18-5-7-22-52(44)63-54(45)32-39)61-58(62-55)40-16-8-13-35(27-40)36-24-26-53-48(29-36)46-20-10-19-42(57(46)64-53)37-14-9-15-38(28-37)47-30-41(34-11-2-1-3-12-34)31-49-43-17-4-6-21-50(43)60-56(47)49/h1-33,60H. The highest BCUT2D eigenvalue weighted by Gasteiger charge is 2.18. The molecule has 0 unspecified atom stereocenters. The van der Waals surface area contributed by atoms with Crippen molar-refractivity contribution in [1.29, 1.82) is 0 Å². The fraction of sp³-hybridized carbons (Fsp3) is 0. The second-order valence-electron chi connectivity index (χ2n) is 16.3. The molecule has 0 saturated heterocycles. The van der Waals surface area contributed by atoms with E-state index in [1.54, 1.807) is 0 Å². The van der Waals surface area contributed by atoms with Crippen molar-refractivity contribution in [3.8, 4) is 67.2 Å². The number of benzene rings is 9. The third kappa shape index (κ3) is 6.06. The molecule has 0 bridgehead atoms. The summed E-state index contributed by atoms with van der Waals surface area (Å²) in [7, 11) is 0. The van der Waals surface area contributed by atoms with E-state index >= 15 is 0 Å². The first-order valence-electron chi connectivity index (χ1n) is 21.3. The molecule has 0 aliphatic carbocycles. The van der Waals surface area contributed by atoms with Gasteiger partial charge in [-0.2, -0.15) is 0 Å². The van der Waals surface area contributed by atoms with Gasteiger partial charge in [-0.25, -0.2) is 9.97 Å². The van der Waals surface area contributed by atoms with E-state index in [9.17, 15) is 0 Å². The van der Waals surface area contributed by atoms with Crippen molar-refractivity contribution in [2.45, 2.75) is 0 Å². The lowest BCUT2D eigenvalue weighted by Gasteiger charge is -2.11. The lowest BCUT2D eigenvalue weighted by atomic mass is 9.93. The average Bonchev–Trinajstić information content (AvgIpc) is 4.05. The smallest absolute Gasteiger partial charge is 0.161 e. The van der Waals surface area contributed by atoms with Crippen LogP contribution in [0.2, 0.25) is 0 Å². The zero-order chi connectivity index (χ0) is 42.3. The number of aromatic amines is 1. The van der Waals surface area contributed by atoms with Crippen LogP contribution in [0.3, 0.4) is 0 Å². The number of fused-ring (bicyclic) bond motifs is 9. The average molecular weight is 885 g/mol. The number of hydrogen-bond donors (Lipinski definition) is 1. The second kappa shape index (κ2) is 14.5. The van der Waals surface area contributed by atoms with Gasteiger partial charge in [-0.05, 0) is 116 Å². The van der Waals surface area contributed by atoms with Gasteiger partial charge in [0, 0.05) is 60.1 Å². The minimum Gasteiger partial charge on any atom is -0.456 e. The predicted molar refractivity (Wildman–Crippen MR) is 266 cm³/mol. The molecule has 13 rings (SSSR count). The van der Waals surface area contributed by atoms with Crippen LogP contribution in [-0.2, 0) is 0 Å². The Balaban J connectivity index is 0.868. The van der Waals surface area contributed by atoms with Gasteiger partial charge >= 0.3 is 0 Å². The molecule has 4 heterocycles. The first kappa shape index (κ1) is 36.6. The third-order valence-corrected chi connectivity index (χ3v) is 12.9. The van der Waals surface area contributed by atoms with Crippen LogP contribution in [0.1, 0.15) is 0 Å². The minimum atomic E-state index is 0.634. The summed E-state index contributed by atoms with van der Waals surface area (Å²) in [6.45, 7) is 0. The van der Waals surface area contributed by atoms with Crippen LogP contribution >= 0.6 is 15.9 Å². The fourth-order valence-corrected chi connectivity index (χ4v) is 9.84. The second-order valence-corrected chi connectivity index (χ2v) is 17.2. The van der Waals surface area contributed by atoms with Crippen molar-refractivity contribution in [3.63, 3.8) is 0 Å². The molecule has 0 saturated carbocycles. The van der Waals surface area contributed by atoms with Crippen molar-refractivity contribution in [2.75, 3.05) is 0 Å². The van der Waals surface area contributed by atoms with E-state index in [1.165, 1.54) is 21.9 Å². The lowest BCUT2D eigenvalue weighted by Crippen LogP contribution is -1.94. The Morgan fingerprint density at radius 3 is 1.92 bits per heavy atom. The number of H-pyrrole nitrogens is 1. The predicted octanol–water partition coefficient (Wildman–Crippen LogP) is 16.7. The van der Waals surface area contributed by atoms with Gasteiger partial charge in [0.25, 0.3) is 0 Å². The van der Waals surface area contributed by atoms with Crippen LogP contribution in [0.15, 0.2) is 214 Å². The molecule has 6 heteroatoms. The van der Waals surface area contributed by atoms with Gasteiger partial charge < -0.3 is 13.8 Å². The highest BCUT2D eigenvalue weighted by atomic mass is 79.9. The summed E-state index contributed by atoms with van der Waals surface area (Å²) in [5.41, 5.74) is 17.3. The molecule has 0 fully saturated rings. The summed E-state index contributed by atoms with van der Waals surface area (Å²) < 4.78 is 13.6. The molecule has 9 aromatic carbocycles. The van der Waals surface area contributed by atoms with Crippen LogP contribution in [0.4, 0.5) is 0 Å². The van der Waals surface area contributed by atoms with Gasteiger partial charge in [0.05, 0.1) is 11.2 Å². The Morgan fingerprint density at radius 2 is 1.02 bits per heavy atom. The SMILES string of the molecule is Brc1cc(-c2ccc3c(c2)oc2ccccc23)nc(-c2cccc(-c3ccc4oc5c(-c6cccc(-c7cc(-c8ccccc8)cc8c7[nH]c7ccccc78)c6)cccc5c4c3)c2)n1. The number of halogens is 1. The summed E-state index contributed by atoms with van der Waals surface area (Å²) in [6, 6.07) is 70.3. The third-order valence-electron chi connectivity index (χ3n) is 12.5. The molecule has 1 N–H and O–H groups in total. The first-order chi connectivity index (χ1) is 31.6. The largest absolute Gasteiger partial charge is 0.456 e. The van der Waals surface area contributed by atoms with E-state index in [0.29, 0.717) is 10.4 Å². The van der Waals surface area contributed by atoms with Crippen LogP contribution in [0.25, 0.3) is 133 Å². The number of rotatable bonds is 6. The summed E-state index contributed by atoms with van der Waals surface area (Å²) in [6.07, 6.45) is 0. The molecule has 0 aliphatic heterocycles. The molecule has 0 aliphatic rings. The molecular formula is C58H34BrN3O2. The van der Waals surface area contributed by atoms with Crippen LogP contribution < -0.4 is 0 Å². The fourth-order valence-electron chi connectivity index (χ4n) is 9.45. The number of nitrogens with zero attached hydrogens (tertiary/aromatic N) is 2. The molecule has 4 aromatic heterocycles. The number of hydrogen-bond acceptors (Lipinski definition) is 4. The Kier molecular flexibility index (Phi) is 8.30. The summed E-state index contributed by atoms with van der Waals surface area (Å²) in [4.78, 5) is 13.6. The maximum absolute atomic E-state index is 6.73. The molecule has 0 radical (unpaired) electrons. The van der Waals surface area contributed by atoms with E-state index in [-0.39, 0.29) is 0 Å². The van der Waals surface area contributed by atoms with Crippen molar-refractivity contribution < 1.29 is 8.83 Å². The minimum absolute atomic E-state index is 0.634. The number of furan rings is 2. The van der Waals surface area contributed by atoms with E-state index in [1.807, 2.05) is 24.3 Å². The van der Waals surface area contributed by atoms with Crippen molar-refractivity contribution in [3.05, 3.63) is 205 Å². The molecule has 13 aromatic rings. The van der Waals surface area contributed by atoms with Crippen LogP contribution in [-0.4, -0.2) is 15.0 Å². The molecule has 0 spiro atoms. The zero-order valence-corrected chi connectivity index (χ0v) is 35.7. The van der Waals surface area contributed by atoms with E-state index in [2.05, 4.69) is 197 Å². The first-order valence-corrected chi connectivity index (χ1v) is 22.1. The Hall–Kier alpha value is -8.06. The number of nitrogens with one attached hydrogen (secondary N) is 1. The quantitative estimate of drug-likeness (QED) is 0.169. The Morgan fingerprint density at radius 1 is 0.359 bits per heavy atom. The monoisotopic (exact) mass is 883 g/mol. The number of aromatic nitrogens is 3. The molecule has 5 nitrogen and oxygen atoms in total. The Bertz CT molecular complexity index is 3990. The lowest BCUT2D eigenvalue weighted by molar-refractivity contribution is 0.669. The van der Waals surface area contributed by atoms with Crippen LogP contribution in [0, 0.1) is 0 Å². The van der Waals surface area contributed by atoms with Gasteiger partial charge in [-0.3, -0.25) is 0 Å². The van der Waals surface area contributed by atoms with Gasteiger partial charge in [0.15, 0.2) is 5.82 Å². The number of para-hydroxylation sites is 3. The maximum atomic E-state index is 6.73. The van der Waals surface area contributed by atoms with Gasteiger partial charge in [0.1, 0.15) is 26.9 Å². The molecular weight excluding hydrogens is 851 g/mol. The zero-order valence-electron chi connectivity index (χ0n) is 34.1. The summed E-state index contributed by atoms with van der Waals surface area (Å²) >= 11 is 3.67. The Labute approximate surface area is 375 Å². The maximum Gasteiger partial charge on any atom is 0.161 e. The molecule has 0 atom stereocenters. The van der Waals surface area contributed by atoms with E-state index < -0.39 is 0 Å². The summed E-state index contributed by atoms with van der Waals surface area (Å²) in [5.74, 6) is 0.634. The van der Waals surface area contributed by atoms with E-state index in [4.69, 9.17) is 18.8 Å². The van der Waals surface area contributed by atoms with Crippen molar-refractivity contribution in [1.82, 2.24) is 15.0 Å². The van der Waals surface area contributed by atoms with Gasteiger partial charge in [-0.15, -0.1) is 0 Å². The van der Waals surface area contributed by atoms with Crippen molar-refractivity contribution >= 4 is 81.6 Å². The van der Waals surface area contributed by atoms with Crippen molar-refractivity contribution in [2.24, 2.45) is 0 Å². The van der Waals surface area contributed by atoms with Crippen LogP contribution in [0.5, 0.6) is 0 Å². The highest BCUT2D eigenvalue weighted by molar-refractivity contribution is 9.10.